The molecule has 2 rings (SSSR count). The predicted octanol–water partition coefficient (Wildman–Crippen LogP) is -0.185. The van der Waals surface area contributed by atoms with E-state index in [0.717, 1.165) is 19.3 Å². The quantitative estimate of drug-likeness (QED) is 0.663. The van der Waals surface area contributed by atoms with Crippen molar-refractivity contribution in [1.29, 1.82) is 0 Å². The number of carbonyl (C=O) groups is 3. The van der Waals surface area contributed by atoms with Crippen LogP contribution in [-0.2, 0) is 16.1 Å². The lowest BCUT2D eigenvalue weighted by Gasteiger charge is -2.14. The van der Waals surface area contributed by atoms with Gasteiger partial charge in [-0.3, -0.25) is 9.59 Å². The van der Waals surface area contributed by atoms with Crippen LogP contribution >= 0.6 is 0 Å². The van der Waals surface area contributed by atoms with Gasteiger partial charge in [0.15, 0.2) is 12.7 Å². The molecule has 1 amide bonds. The van der Waals surface area contributed by atoms with Gasteiger partial charge in [0, 0.05) is 11.6 Å². The first-order valence-corrected chi connectivity index (χ1v) is 7.67. The number of carboxylic acids is 2. The molecule has 2 N–H and O–H groups in total. The molecule has 1 fully saturated rings. The van der Waals surface area contributed by atoms with Crippen molar-refractivity contribution in [3.05, 3.63) is 24.0 Å². The van der Waals surface area contributed by atoms with Crippen LogP contribution in [0, 0.1) is 0 Å². The third kappa shape index (κ3) is 7.03. The number of amides is 1. The van der Waals surface area contributed by atoms with Crippen molar-refractivity contribution < 1.29 is 42.4 Å². The molecule has 144 valence electrons. The molecule has 1 aliphatic rings. The fourth-order valence-electron chi connectivity index (χ4n) is 1.89. The third-order valence-electron chi connectivity index (χ3n) is 3.73. The number of alkyl halides is 3. The molecule has 0 radical (unpaired) electrons. The highest BCUT2D eigenvalue weighted by molar-refractivity contribution is 5.94. The van der Waals surface area contributed by atoms with Crippen molar-refractivity contribution in [3.8, 4) is 0 Å². The van der Waals surface area contributed by atoms with Gasteiger partial charge >= 0.3 is 12.1 Å². The number of carboxylic acid groups (broad SMARTS) is 2. The SMILES string of the molecule is CCC1(NC(=O)c2cc[n+](CCC(=O)O)nc2)CC1.O=C([O-])C(F)(F)F. The Balaban J connectivity index is 0.000000412. The Kier molecular flexibility index (Phi) is 7.04. The van der Waals surface area contributed by atoms with Crippen LogP contribution in [0.5, 0.6) is 0 Å². The van der Waals surface area contributed by atoms with Gasteiger partial charge in [-0.2, -0.15) is 13.2 Å². The summed E-state index contributed by atoms with van der Waals surface area (Å²) in [6, 6.07) is 1.66. The van der Waals surface area contributed by atoms with Gasteiger partial charge in [0.05, 0.1) is 5.56 Å². The van der Waals surface area contributed by atoms with Gasteiger partial charge in [-0.05, 0) is 24.4 Å². The molecule has 26 heavy (non-hydrogen) atoms. The van der Waals surface area contributed by atoms with Crippen LogP contribution in [-0.4, -0.2) is 39.8 Å². The van der Waals surface area contributed by atoms with Crippen molar-refractivity contribution in [2.24, 2.45) is 0 Å². The zero-order valence-corrected chi connectivity index (χ0v) is 13.9. The Morgan fingerprint density at radius 1 is 1.38 bits per heavy atom. The monoisotopic (exact) mass is 377 g/mol. The minimum Gasteiger partial charge on any atom is -0.542 e. The summed E-state index contributed by atoms with van der Waals surface area (Å²) < 4.78 is 33.1. The summed E-state index contributed by atoms with van der Waals surface area (Å²) in [5.41, 5.74) is 0.498. The second-order valence-corrected chi connectivity index (χ2v) is 5.70. The summed E-state index contributed by atoms with van der Waals surface area (Å²) in [5, 5.41) is 24.4. The van der Waals surface area contributed by atoms with Crippen LogP contribution in [0.3, 0.4) is 0 Å². The molecule has 11 heteroatoms. The number of carbonyl (C=O) groups excluding carboxylic acids is 2. The van der Waals surface area contributed by atoms with Crippen LogP contribution in [0.1, 0.15) is 43.0 Å². The highest BCUT2D eigenvalue weighted by Gasteiger charge is 2.42. The molecule has 0 bridgehead atoms. The third-order valence-corrected chi connectivity index (χ3v) is 3.73. The van der Waals surface area contributed by atoms with Gasteiger partial charge in [0.25, 0.3) is 5.91 Å². The van der Waals surface area contributed by atoms with Crippen LogP contribution in [0.25, 0.3) is 0 Å². The maximum Gasteiger partial charge on any atom is 0.430 e. The maximum atomic E-state index is 12.0. The minimum atomic E-state index is -5.19. The standard InChI is InChI=1S/C13H17N3O3.C2HF3O2/c1-2-13(5-6-13)15-12(19)10-3-7-16(14-9-10)8-4-11(17)18;3-2(4,5)1(6)7/h3,7,9H,2,4-6,8H2,1H3,(H-,15,17,18,19);(H,6,7). The molecule has 0 atom stereocenters. The number of aryl methyl sites for hydroxylation is 1. The lowest BCUT2D eigenvalue weighted by atomic mass is 10.2. The van der Waals surface area contributed by atoms with Gasteiger partial charge in [-0.25, -0.2) is 0 Å². The molecular weight excluding hydrogens is 359 g/mol. The van der Waals surface area contributed by atoms with Crippen LogP contribution in [0.4, 0.5) is 13.2 Å². The van der Waals surface area contributed by atoms with Crippen molar-refractivity contribution in [2.45, 2.75) is 50.9 Å². The molecule has 0 aromatic carbocycles. The number of halogens is 3. The molecule has 1 saturated carbocycles. The minimum absolute atomic E-state index is 0.00773. The van der Waals surface area contributed by atoms with Gasteiger partial charge in [0.2, 0.25) is 0 Å². The highest BCUT2D eigenvalue weighted by atomic mass is 19.4. The Bertz CT molecular complexity index is 657. The second kappa shape index (κ2) is 8.59. The Morgan fingerprint density at radius 3 is 2.31 bits per heavy atom. The number of nitrogens with zero attached hydrogens (tertiary/aromatic N) is 2. The fourth-order valence-corrected chi connectivity index (χ4v) is 1.89. The van der Waals surface area contributed by atoms with E-state index in [-0.39, 0.29) is 17.9 Å². The van der Waals surface area contributed by atoms with E-state index in [0.29, 0.717) is 12.1 Å². The lowest BCUT2D eigenvalue weighted by molar-refractivity contribution is -0.753. The Morgan fingerprint density at radius 2 is 1.96 bits per heavy atom. The smallest absolute Gasteiger partial charge is 0.430 e. The molecule has 1 aromatic heterocycles. The maximum absolute atomic E-state index is 12.0. The van der Waals surface area contributed by atoms with Crippen LogP contribution in [0.15, 0.2) is 18.5 Å². The zero-order chi connectivity index (χ0) is 20.0. The van der Waals surface area contributed by atoms with Crippen molar-refractivity contribution >= 4 is 17.8 Å². The predicted molar refractivity (Wildman–Crippen MR) is 77.5 cm³/mol. The second-order valence-electron chi connectivity index (χ2n) is 5.70. The van der Waals surface area contributed by atoms with Gasteiger partial charge in [-0.1, -0.05) is 11.6 Å². The van der Waals surface area contributed by atoms with Gasteiger partial charge in [-0.15, -0.1) is 0 Å². The average molecular weight is 377 g/mol. The van der Waals surface area contributed by atoms with Gasteiger partial charge < -0.3 is 20.3 Å². The molecule has 1 aromatic rings. The van der Waals surface area contributed by atoms with Crippen molar-refractivity contribution in [1.82, 2.24) is 10.4 Å². The molecule has 1 heterocycles. The van der Waals surface area contributed by atoms with E-state index in [1.165, 1.54) is 10.9 Å². The first-order chi connectivity index (χ1) is 12.0. The number of aromatic nitrogens is 2. The molecule has 0 spiro atoms. The van der Waals surface area contributed by atoms with Crippen molar-refractivity contribution in [3.63, 3.8) is 0 Å². The summed E-state index contributed by atoms with van der Waals surface area (Å²) in [6.07, 6.45) is 0.939. The van der Waals surface area contributed by atoms with E-state index in [4.69, 9.17) is 15.0 Å². The van der Waals surface area contributed by atoms with E-state index in [2.05, 4.69) is 17.3 Å². The summed E-state index contributed by atoms with van der Waals surface area (Å²) >= 11 is 0. The fraction of sp³-hybridized carbons (Fsp3) is 0.533. The average Bonchev–Trinajstić information content (AvgIpc) is 3.33. The van der Waals surface area contributed by atoms with Crippen molar-refractivity contribution in [2.75, 3.05) is 0 Å². The number of nitrogens with one attached hydrogen (secondary N) is 1. The topological polar surface area (TPSA) is 123 Å². The van der Waals surface area contributed by atoms with E-state index in [1.807, 2.05) is 0 Å². The summed E-state index contributed by atoms with van der Waals surface area (Å²) in [7, 11) is 0. The Hall–Kier alpha value is -2.72. The van der Waals surface area contributed by atoms with E-state index >= 15 is 0 Å². The van der Waals surface area contributed by atoms with Crippen LogP contribution in [0.2, 0.25) is 0 Å². The van der Waals surface area contributed by atoms with E-state index in [1.54, 1.807) is 12.3 Å². The largest absolute Gasteiger partial charge is 0.542 e. The first kappa shape index (κ1) is 21.3. The molecule has 0 unspecified atom stereocenters. The highest BCUT2D eigenvalue weighted by Crippen LogP contribution is 2.38. The summed E-state index contributed by atoms with van der Waals surface area (Å²) in [5.74, 6) is -3.99. The lowest BCUT2D eigenvalue weighted by Crippen LogP contribution is -2.40. The first-order valence-electron chi connectivity index (χ1n) is 7.67. The number of hydrogen-bond acceptors (Lipinski definition) is 5. The molecule has 8 nitrogen and oxygen atoms in total. The Labute approximate surface area is 146 Å². The molecule has 1 aliphatic carbocycles. The number of hydrogen-bond donors (Lipinski definition) is 2. The van der Waals surface area contributed by atoms with Gasteiger partial charge in [0.1, 0.15) is 18.6 Å². The molecule has 0 aliphatic heterocycles. The summed E-state index contributed by atoms with van der Waals surface area (Å²) in [4.78, 5) is 31.2. The molecular formula is C15H18F3N3O5. The van der Waals surface area contributed by atoms with E-state index in [9.17, 15) is 22.8 Å². The van der Waals surface area contributed by atoms with E-state index < -0.39 is 18.1 Å². The number of rotatable bonds is 6. The zero-order valence-electron chi connectivity index (χ0n) is 13.9. The number of aliphatic carboxylic acids is 2. The molecule has 0 saturated heterocycles. The van der Waals surface area contributed by atoms with Crippen LogP contribution < -0.4 is 15.1 Å². The normalized spacial score (nSPS) is 14.6. The summed E-state index contributed by atoms with van der Waals surface area (Å²) in [6.45, 7) is 2.37.